The fourth-order valence-electron chi connectivity index (χ4n) is 23.0. The van der Waals surface area contributed by atoms with Gasteiger partial charge in [0.2, 0.25) is 0 Å². The lowest BCUT2D eigenvalue weighted by molar-refractivity contribution is 0.300. The average molecular weight is 2150 g/mol. The van der Waals surface area contributed by atoms with Crippen molar-refractivity contribution in [2.24, 2.45) is 29.6 Å². The molecule has 15 rings (SSSR count). The summed E-state index contributed by atoms with van der Waals surface area (Å²) in [6.45, 7) is 14.6. The summed E-state index contributed by atoms with van der Waals surface area (Å²) in [5.74, 6) is 13.2. The number of hydrogen-bond donors (Lipinski definition) is 5. The first-order chi connectivity index (χ1) is 71.2. The highest BCUT2D eigenvalue weighted by Gasteiger charge is 2.28. The molecule has 150 heavy (non-hydrogen) atoms. The van der Waals surface area contributed by atoms with Crippen LogP contribution in [0.25, 0.3) is 0 Å². The van der Waals surface area contributed by atoms with Gasteiger partial charge in [-0.3, -0.25) is 23.5 Å². The Labute approximate surface area is 934 Å². The molecular weight excluding hydrogens is 1960 g/mol. The second kappa shape index (κ2) is 79.5. The minimum atomic E-state index is 0. The number of benzene rings is 10. The van der Waals surface area contributed by atoms with Crippen molar-refractivity contribution < 1.29 is 47.2 Å². The highest BCUT2D eigenvalue weighted by atomic mass is 32.1. The van der Waals surface area contributed by atoms with Gasteiger partial charge in [-0.1, -0.05) is 381 Å². The third-order valence-corrected chi connectivity index (χ3v) is 34.0. The van der Waals surface area contributed by atoms with Gasteiger partial charge in [0.1, 0.15) is 61.8 Å². The van der Waals surface area contributed by atoms with Crippen molar-refractivity contribution in [2.75, 3.05) is 0 Å². The monoisotopic (exact) mass is 2150 g/mol. The van der Waals surface area contributed by atoms with Crippen LogP contribution in [0.3, 0.4) is 0 Å². The minimum Gasteiger partial charge on any atom is -0.489 e. The van der Waals surface area contributed by atoms with Gasteiger partial charge in [-0.2, -0.15) is 0 Å². The maximum atomic E-state index is 5.88. The molecule has 0 atom stereocenters. The van der Waals surface area contributed by atoms with Gasteiger partial charge >= 0.3 is 0 Å². The molecule has 0 spiro atoms. The molecule has 0 heterocycles. The SMILES string of the molecule is CCCCCCCCC1CCC(c2ccc(COc3ccc(S)cc3)cc2)CC1.CCCCCCCCC1CCC(c2ccc(COc3ccc(S)cc3)cc2)CC1.CCCCCCCCC1CCC(c2ccc(COc3ccc(S)cc3)cc2)CC1.CCCCCCCCC1CCC(c2ccc(COc3ccc(S)cc3)cc2)CC1.CCCCCCCCC1CCC(c2ccc(COc3ccc(S)cc3)cc2)CC1.F.F.F.F.F. The van der Waals surface area contributed by atoms with Crippen molar-refractivity contribution in [3.63, 3.8) is 0 Å². The Morgan fingerprint density at radius 3 is 0.420 bits per heavy atom. The van der Waals surface area contributed by atoms with E-state index in [4.69, 9.17) is 23.7 Å². The number of hydrogen-bond acceptors (Lipinski definition) is 10. The maximum Gasteiger partial charge on any atom is 0.119 e. The van der Waals surface area contributed by atoms with E-state index >= 15 is 0 Å². The van der Waals surface area contributed by atoms with E-state index in [-0.39, 0.29) is 23.5 Å². The van der Waals surface area contributed by atoms with Crippen molar-refractivity contribution in [3.8, 4) is 28.7 Å². The van der Waals surface area contributed by atoms with Crippen molar-refractivity contribution in [1.29, 1.82) is 0 Å². The molecule has 0 unspecified atom stereocenters. The zero-order valence-corrected chi connectivity index (χ0v) is 97.1. The molecule has 0 N–H and O–H groups in total. The van der Waals surface area contributed by atoms with E-state index in [9.17, 15) is 0 Å². The fourth-order valence-corrected chi connectivity index (χ4v) is 23.7. The normalized spacial score (nSPS) is 18.6. The molecule has 0 aliphatic heterocycles. The van der Waals surface area contributed by atoms with Crippen LogP contribution in [-0.2, 0) is 33.0 Å². The lowest BCUT2D eigenvalue weighted by Crippen LogP contribution is -2.13. The number of rotatable bonds is 55. The molecule has 0 aromatic heterocycles. The number of halogens is 5. The Kier molecular flexibility index (Phi) is 69.6. The second-order valence-electron chi connectivity index (χ2n) is 44.0. The Hall–Kier alpha value is -7.40. The average Bonchev–Trinajstić information content (AvgIpc) is 0.862. The van der Waals surface area contributed by atoms with E-state index in [2.05, 4.69) is 219 Å². The molecule has 10 aromatic rings. The van der Waals surface area contributed by atoms with Gasteiger partial charge in [-0.25, -0.2) is 0 Å². The first kappa shape index (κ1) is 131. The lowest BCUT2D eigenvalue weighted by Gasteiger charge is -2.29. The quantitative estimate of drug-likeness (QED) is 0.0149. The van der Waals surface area contributed by atoms with E-state index in [0.717, 1.165) is 112 Å². The summed E-state index contributed by atoms with van der Waals surface area (Å²) in [5.41, 5.74) is 13.8. The molecule has 5 aliphatic rings. The van der Waals surface area contributed by atoms with Crippen LogP contribution in [0.5, 0.6) is 28.7 Å². The Balaban J connectivity index is 0.000000284. The van der Waals surface area contributed by atoms with Crippen molar-refractivity contribution >= 4 is 63.1 Å². The van der Waals surface area contributed by atoms with Crippen LogP contribution < -0.4 is 23.7 Å². The number of ether oxygens (including phenoxy) is 5. The molecule has 0 amide bonds. The summed E-state index contributed by atoms with van der Waals surface area (Å²) in [7, 11) is 0. The van der Waals surface area contributed by atoms with E-state index in [1.807, 2.05) is 121 Å². The predicted octanol–water partition coefficient (Wildman–Crippen LogP) is 43.7. The van der Waals surface area contributed by atoms with Crippen molar-refractivity contribution in [1.82, 2.24) is 0 Å². The first-order valence-corrected chi connectivity index (χ1v) is 61.0. The Bertz CT molecular complexity index is 4170. The van der Waals surface area contributed by atoms with Gasteiger partial charge in [0.05, 0.1) is 0 Å². The zero-order chi connectivity index (χ0) is 102. The summed E-state index contributed by atoms with van der Waals surface area (Å²) in [4.78, 5) is 4.81. The molecule has 10 aromatic carbocycles. The van der Waals surface area contributed by atoms with Crippen LogP contribution in [0.1, 0.15) is 473 Å². The predicted molar refractivity (Wildman–Crippen MR) is 648 cm³/mol. The third kappa shape index (κ3) is 52.9. The third-order valence-electron chi connectivity index (χ3n) is 32.5. The Morgan fingerprint density at radius 1 is 0.160 bits per heavy atom. The van der Waals surface area contributed by atoms with Gasteiger partial charge in [0.15, 0.2) is 0 Å². The fraction of sp³-hybridized carbons (Fsp3) is 0.556. The summed E-state index contributed by atoms with van der Waals surface area (Å²) in [5, 5.41) is 0. The molecule has 15 heteroatoms. The van der Waals surface area contributed by atoms with Crippen LogP contribution in [0.2, 0.25) is 0 Å². The second-order valence-corrected chi connectivity index (χ2v) is 46.6. The van der Waals surface area contributed by atoms with Gasteiger partial charge in [0, 0.05) is 24.5 Å². The zero-order valence-electron chi connectivity index (χ0n) is 92.6. The molecule has 0 saturated heterocycles. The highest BCUT2D eigenvalue weighted by molar-refractivity contribution is 7.81. The Morgan fingerprint density at radius 2 is 0.287 bits per heavy atom. The first-order valence-electron chi connectivity index (χ1n) is 58.7. The van der Waals surface area contributed by atoms with Crippen LogP contribution >= 0.6 is 63.1 Å². The largest absolute Gasteiger partial charge is 0.489 e. The highest BCUT2D eigenvalue weighted by Crippen LogP contribution is 2.45. The van der Waals surface area contributed by atoms with Gasteiger partial charge < -0.3 is 23.7 Å². The van der Waals surface area contributed by atoms with Crippen LogP contribution in [0.15, 0.2) is 267 Å². The van der Waals surface area contributed by atoms with E-state index in [1.165, 1.54) is 409 Å². The number of unbranched alkanes of at least 4 members (excludes halogenated alkanes) is 25. The standard InChI is InChI=1S/5C27H38OS.5FH/c5*1-2-3-4-5-6-7-8-22-9-13-24(14-10-22)25-15-11-23(12-16-25)21-28-26-17-19-27(29)20-18-26;;;;;/h5*11-12,15-20,22,24,29H,2-10,13-14,21H2,1H3;5*1H. The minimum absolute atomic E-state index is 0. The molecule has 0 radical (unpaired) electrons. The maximum absolute atomic E-state index is 5.88. The summed E-state index contributed by atoms with van der Waals surface area (Å²) < 4.78 is 29.4. The molecule has 5 nitrogen and oxygen atoms in total. The molecule has 5 saturated carbocycles. The topological polar surface area (TPSA) is 46.2 Å². The smallest absolute Gasteiger partial charge is 0.119 e. The van der Waals surface area contributed by atoms with Crippen molar-refractivity contribution in [3.05, 3.63) is 298 Å². The van der Waals surface area contributed by atoms with Crippen LogP contribution in [-0.4, -0.2) is 0 Å². The van der Waals surface area contributed by atoms with Gasteiger partial charge in [-0.15, -0.1) is 63.1 Å². The van der Waals surface area contributed by atoms with Crippen LogP contribution in [0.4, 0.5) is 23.5 Å². The molecule has 5 aliphatic carbocycles. The van der Waals surface area contributed by atoms with Gasteiger partial charge in [0.25, 0.3) is 0 Å². The van der Waals surface area contributed by atoms with E-state index in [0.29, 0.717) is 33.0 Å². The molecular formula is C135H195F5O5S5. The summed E-state index contributed by atoms with van der Waals surface area (Å²) in [6.07, 6.45) is 77.9. The number of thiol groups is 5. The molecule has 5 fully saturated rings. The van der Waals surface area contributed by atoms with E-state index < -0.39 is 0 Å². The summed E-state index contributed by atoms with van der Waals surface area (Å²) in [6, 6.07) is 85.0. The van der Waals surface area contributed by atoms with Crippen molar-refractivity contribution in [2.45, 2.75) is 475 Å². The molecule has 830 valence electrons. The van der Waals surface area contributed by atoms with Crippen LogP contribution in [0, 0.1) is 29.6 Å². The molecule has 0 bridgehead atoms. The van der Waals surface area contributed by atoms with Gasteiger partial charge in [-0.05, 0) is 365 Å². The van der Waals surface area contributed by atoms with E-state index in [1.54, 1.807) is 0 Å². The summed E-state index contributed by atoms with van der Waals surface area (Å²) >= 11 is 21.6. The lowest BCUT2D eigenvalue weighted by atomic mass is 9.77.